The first kappa shape index (κ1) is 12.6. The summed E-state index contributed by atoms with van der Waals surface area (Å²) in [6, 6.07) is -0.435. The van der Waals surface area contributed by atoms with E-state index >= 15 is 0 Å². The maximum atomic E-state index is 12.1. The molecule has 1 fully saturated rings. The number of aryl methyl sites for hydroxylation is 1. The minimum absolute atomic E-state index is 0.144. The van der Waals surface area contributed by atoms with E-state index in [-0.39, 0.29) is 19.1 Å². The van der Waals surface area contributed by atoms with Crippen LogP contribution in [0.4, 0.5) is 0 Å². The second kappa shape index (κ2) is 4.77. The molecule has 1 aliphatic heterocycles. The first-order chi connectivity index (χ1) is 8.50. The highest BCUT2D eigenvalue weighted by Gasteiger charge is 2.38. The highest BCUT2D eigenvalue weighted by atomic mass is 16.5. The van der Waals surface area contributed by atoms with Gasteiger partial charge in [-0.3, -0.25) is 14.3 Å². The number of amides is 1. The zero-order valence-corrected chi connectivity index (χ0v) is 10.2. The smallest absolute Gasteiger partial charge is 0.311 e. The van der Waals surface area contributed by atoms with Crippen LogP contribution < -0.4 is 0 Å². The standard InChI is InChI=1S/C11H15N3O4/c1-13-4-7(3-12-13)10(15)14(2)9-6-18-5-8(9)11(16)17/h3-4,8-9H,5-6H2,1-2H3,(H,16,17). The number of aromatic nitrogens is 2. The Balaban J connectivity index is 2.13. The van der Waals surface area contributed by atoms with Crippen molar-refractivity contribution in [2.24, 2.45) is 13.0 Å². The lowest BCUT2D eigenvalue weighted by Gasteiger charge is -2.25. The summed E-state index contributed by atoms with van der Waals surface area (Å²) in [5, 5.41) is 13.0. The Labute approximate surface area is 104 Å². The number of rotatable bonds is 3. The molecular weight excluding hydrogens is 238 g/mol. The van der Waals surface area contributed by atoms with Gasteiger partial charge in [-0.2, -0.15) is 5.10 Å². The molecule has 18 heavy (non-hydrogen) atoms. The van der Waals surface area contributed by atoms with Gasteiger partial charge in [0.1, 0.15) is 5.92 Å². The molecule has 2 unspecified atom stereocenters. The van der Waals surface area contributed by atoms with Crippen molar-refractivity contribution in [3.05, 3.63) is 18.0 Å². The van der Waals surface area contributed by atoms with Crippen LogP contribution in [0.5, 0.6) is 0 Å². The third kappa shape index (κ3) is 2.21. The lowest BCUT2D eigenvalue weighted by Crippen LogP contribution is -2.44. The van der Waals surface area contributed by atoms with Gasteiger partial charge in [-0.1, -0.05) is 0 Å². The van der Waals surface area contributed by atoms with Crippen molar-refractivity contribution in [3.8, 4) is 0 Å². The van der Waals surface area contributed by atoms with Gasteiger partial charge in [0.05, 0.1) is 31.0 Å². The Hall–Kier alpha value is -1.89. The van der Waals surface area contributed by atoms with Crippen molar-refractivity contribution >= 4 is 11.9 Å². The molecule has 98 valence electrons. The van der Waals surface area contributed by atoms with Gasteiger partial charge in [0.2, 0.25) is 0 Å². The predicted molar refractivity (Wildman–Crippen MR) is 61.0 cm³/mol. The summed E-state index contributed by atoms with van der Waals surface area (Å²) >= 11 is 0. The molecule has 0 bridgehead atoms. The van der Waals surface area contributed by atoms with Gasteiger partial charge < -0.3 is 14.7 Å². The van der Waals surface area contributed by atoms with Crippen LogP contribution in [0.1, 0.15) is 10.4 Å². The molecule has 1 aromatic heterocycles. The van der Waals surface area contributed by atoms with E-state index in [1.165, 1.54) is 15.8 Å². The Bertz CT molecular complexity index is 471. The average molecular weight is 253 g/mol. The molecule has 1 N–H and O–H groups in total. The number of likely N-dealkylation sites (N-methyl/N-ethyl adjacent to an activating group) is 1. The maximum Gasteiger partial charge on any atom is 0.311 e. The van der Waals surface area contributed by atoms with E-state index in [9.17, 15) is 9.59 Å². The Morgan fingerprint density at radius 2 is 2.28 bits per heavy atom. The largest absolute Gasteiger partial charge is 0.481 e. The number of carbonyl (C=O) groups excluding carboxylic acids is 1. The van der Waals surface area contributed by atoms with Crippen LogP contribution in [0, 0.1) is 5.92 Å². The lowest BCUT2D eigenvalue weighted by molar-refractivity contribution is -0.142. The molecule has 2 rings (SSSR count). The van der Waals surface area contributed by atoms with E-state index in [1.807, 2.05) is 0 Å². The van der Waals surface area contributed by atoms with Gasteiger partial charge in [0.25, 0.3) is 5.91 Å². The minimum atomic E-state index is -0.941. The molecule has 1 saturated heterocycles. The molecule has 7 nitrogen and oxygen atoms in total. The normalized spacial score (nSPS) is 23.0. The number of carboxylic acid groups (broad SMARTS) is 1. The summed E-state index contributed by atoms with van der Waals surface area (Å²) in [6.07, 6.45) is 3.06. The third-order valence-electron chi connectivity index (χ3n) is 3.14. The summed E-state index contributed by atoms with van der Waals surface area (Å²) in [5.41, 5.74) is 0.441. The molecule has 2 heterocycles. The fourth-order valence-electron chi connectivity index (χ4n) is 2.05. The van der Waals surface area contributed by atoms with Crippen LogP contribution >= 0.6 is 0 Å². The molecule has 1 amide bonds. The lowest BCUT2D eigenvalue weighted by atomic mass is 10.0. The molecule has 2 atom stereocenters. The first-order valence-corrected chi connectivity index (χ1v) is 5.57. The van der Waals surface area contributed by atoms with E-state index < -0.39 is 17.9 Å². The van der Waals surface area contributed by atoms with E-state index in [4.69, 9.17) is 9.84 Å². The summed E-state index contributed by atoms with van der Waals surface area (Å²) < 4.78 is 6.68. The van der Waals surface area contributed by atoms with E-state index in [1.54, 1.807) is 20.3 Å². The fraction of sp³-hybridized carbons (Fsp3) is 0.545. The van der Waals surface area contributed by atoms with Crippen molar-refractivity contribution in [3.63, 3.8) is 0 Å². The van der Waals surface area contributed by atoms with Crippen LogP contribution in [0.15, 0.2) is 12.4 Å². The van der Waals surface area contributed by atoms with Gasteiger partial charge >= 0.3 is 5.97 Å². The van der Waals surface area contributed by atoms with Crippen molar-refractivity contribution in [1.29, 1.82) is 0 Å². The summed E-state index contributed by atoms with van der Waals surface area (Å²) in [4.78, 5) is 24.6. The second-order valence-corrected chi connectivity index (χ2v) is 4.37. The Kier molecular flexibility index (Phi) is 3.33. The number of nitrogens with zero attached hydrogens (tertiary/aromatic N) is 3. The van der Waals surface area contributed by atoms with E-state index in [0.717, 1.165) is 0 Å². The number of carbonyl (C=O) groups is 2. The Morgan fingerprint density at radius 3 is 2.83 bits per heavy atom. The fourth-order valence-corrected chi connectivity index (χ4v) is 2.05. The van der Waals surface area contributed by atoms with Gasteiger partial charge in [-0.25, -0.2) is 0 Å². The first-order valence-electron chi connectivity index (χ1n) is 5.57. The third-order valence-corrected chi connectivity index (χ3v) is 3.14. The number of carboxylic acids is 1. The zero-order valence-electron chi connectivity index (χ0n) is 10.2. The molecular formula is C11H15N3O4. The van der Waals surface area contributed by atoms with E-state index in [2.05, 4.69) is 5.10 Å². The molecule has 7 heteroatoms. The molecule has 1 aliphatic rings. The quantitative estimate of drug-likeness (QED) is 0.791. The van der Waals surface area contributed by atoms with Crippen molar-refractivity contribution < 1.29 is 19.4 Å². The topological polar surface area (TPSA) is 84.7 Å². The number of aliphatic carboxylic acids is 1. The number of ether oxygens (including phenoxy) is 1. The SMILES string of the molecule is CN(C(=O)c1cnn(C)c1)C1COCC1C(=O)O. The van der Waals surface area contributed by atoms with Gasteiger partial charge in [0.15, 0.2) is 0 Å². The highest BCUT2D eigenvalue weighted by molar-refractivity contribution is 5.94. The zero-order chi connectivity index (χ0) is 13.3. The summed E-state index contributed by atoms with van der Waals surface area (Å²) in [6.45, 7) is 0.393. The molecule has 1 aromatic rings. The number of hydrogen-bond donors (Lipinski definition) is 1. The monoisotopic (exact) mass is 253 g/mol. The predicted octanol–water partition coefficient (Wildman–Crippen LogP) is -0.408. The average Bonchev–Trinajstić information content (AvgIpc) is 2.95. The van der Waals surface area contributed by atoms with Crippen LogP contribution in [0.3, 0.4) is 0 Å². The molecule has 0 spiro atoms. The van der Waals surface area contributed by atoms with Crippen LogP contribution in [0.25, 0.3) is 0 Å². The second-order valence-electron chi connectivity index (χ2n) is 4.37. The van der Waals surface area contributed by atoms with Crippen LogP contribution in [-0.2, 0) is 16.6 Å². The van der Waals surface area contributed by atoms with Crippen molar-refractivity contribution in [1.82, 2.24) is 14.7 Å². The van der Waals surface area contributed by atoms with Crippen molar-refractivity contribution in [2.75, 3.05) is 20.3 Å². The van der Waals surface area contributed by atoms with Crippen LogP contribution in [0.2, 0.25) is 0 Å². The maximum absolute atomic E-state index is 12.1. The summed E-state index contributed by atoms with van der Waals surface area (Å²) in [7, 11) is 3.31. The molecule has 0 aliphatic carbocycles. The molecule has 0 aromatic carbocycles. The van der Waals surface area contributed by atoms with Crippen molar-refractivity contribution in [2.45, 2.75) is 6.04 Å². The van der Waals surface area contributed by atoms with Gasteiger partial charge in [-0.05, 0) is 0 Å². The number of hydrogen-bond acceptors (Lipinski definition) is 4. The molecule has 0 radical (unpaired) electrons. The van der Waals surface area contributed by atoms with Gasteiger partial charge in [-0.15, -0.1) is 0 Å². The Morgan fingerprint density at radius 1 is 1.56 bits per heavy atom. The summed E-state index contributed by atoms with van der Waals surface area (Å²) in [5.74, 6) is -1.86. The highest BCUT2D eigenvalue weighted by Crippen LogP contribution is 2.20. The van der Waals surface area contributed by atoms with Gasteiger partial charge in [0, 0.05) is 20.3 Å². The van der Waals surface area contributed by atoms with E-state index in [0.29, 0.717) is 5.56 Å². The minimum Gasteiger partial charge on any atom is -0.481 e. The van der Waals surface area contributed by atoms with Crippen LogP contribution in [-0.4, -0.2) is 58.0 Å². The molecule has 0 saturated carbocycles.